The monoisotopic (exact) mass is 430 g/mol. The van der Waals surface area contributed by atoms with Gasteiger partial charge < -0.3 is 5.32 Å². The van der Waals surface area contributed by atoms with E-state index in [0.29, 0.717) is 0 Å². The Morgan fingerprint density at radius 1 is 1.21 bits per heavy atom. The lowest BCUT2D eigenvalue weighted by molar-refractivity contribution is 0.536. The van der Waals surface area contributed by atoms with Crippen molar-refractivity contribution in [1.82, 2.24) is 10.3 Å². The summed E-state index contributed by atoms with van der Waals surface area (Å²) in [4.78, 5) is 4.50. The van der Waals surface area contributed by atoms with Crippen LogP contribution in [0.2, 0.25) is 0 Å². The minimum atomic E-state index is 0.262. The van der Waals surface area contributed by atoms with Crippen LogP contribution in [0.5, 0.6) is 0 Å². The van der Waals surface area contributed by atoms with E-state index in [1.54, 1.807) is 0 Å². The van der Waals surface area contributed by atoms with E-state index >= 15 is 0 Å². The van der Waals surface area contributed by atoms with Crippen molar-refractivity contribution in [2.75, 3.05) is 6.54 Å². The molecule has 2 rings (SSSR count). The van der Waals surface area contributed by atoms with Crippen LogP contribution in [0, 0.1) is 3.57 Å². The molecule has 1 atom stereocenters. The maximum absolute atomic E-state index is 4.50. The normalized spacial score (nSPS) is 12.4. The first-order valence-corrected chi connectivity index (χ1v) is 8.15. The van der Waals surface area contributed by atoms with Crippen LogP contribution < -0.4 is 5.32 Å². The van der Waals surface area contributed by atoms with Gasteiger partial charge in [-0.2, -0.15) is 0 Å². The molecule has 2 aromatic rings. The largest absolute Gasteiger partial charge is 0.309 e. The van der Waals surface area contributed by atoms with E-state index in [1.807, 2.05) is 12.3 Å². The molecule has 0 saturated heterocycles. The molecule has 0 aliphatic carbocycles. The Hall–Kier alpha value is -0.460. The van der Waals surface area contributed by atoms with Crippen LogP contribution >= 0.6 is 38.5 Å². The maximum Gasteiger partial charge on any atom is 0.0577 e. The Labute approximate surface area is 136 Å². The second kappa shape index (κ2) is 7.36. The van der Waals surface area contributed by atoms with Crippen LogP contribution in [0.15, 0.2) is 47.1 Å². The summed E-state index contributed by atoms with van der Waals surface area (Å²) in [7, 11) is 0. The number of pyridine rings is 1. The Bertz CT molecular complexity index is 511. The fraction of sp³-hybridized carbons (Fsp3) is 0.267. The van der Waals surface area contributed by atoms with Crippen LogP contribution in [0.1, 0.15) is 24.2 Å². The quantitative estimate of drug-likeness (QED) is 0.713. The highest BCUT2D eigenvalue weighted by atomic mass is 127. The molecule has 19 heavy (non-hydrogen) atoms. The average molecular weight is 431 g/mol. The molecule has 1 aromatic heterocycles. The summed E-state index contributed by atoms with van der Waals surface area (Å²) in [6, 6.07) is 13.0. The number of benzene rings is 1. The Kier molecular flexibility index (Phi) is 5.78. The SMILES string of the molecule is CCNC(Cc1ccc(I)cc1)c1ccc(Br)cn1. The minimum absolute atomic E-state index is 0.262. The predicted octanol–water partition coefficient (Wildman–Crippen LogP) is 4.34. The third-order valence-corrected chi connectivity index (χ3v) is 4.10. The highest BCUT2D eigenvalue weighted by molar-refractivity contribution is 14.1. The molecule has 2 nitrogen and oxygen atoms in total. The number of nitrogens with one attached hydrogen (secondary N) is 1. The van der Waals surface area contributed by atoms with Crippen molar-refractivity contribution in [1.29, 1.82) is 0 Å². The first-order chi connectivity index (χ1) is 9.19. The lowest BCUT2D eigenvalue weighted by atomic mass is 10.0. The number of halogens is 2. The van der Waals surface area contributed by atoms with Crippen molar-refractivity contribution >= 4 is 38.5 Å². The van der Waals surface area contributed by atoms with Gasteiger partial charge in [0.05, 0.1) is 11.7 Å². The Morgan fingerprint density at radius 3 is 2.53 bits per heavy atom. The smallest absolute Gasteiger partial charge is 0.0577 e. The second-order valence-electron chi connectivity index (χ2n) is 4.34. The zero-order chi connectivity index (χ0) is 13.7. The van der Waals surface area contributed by atoms with Gasteiger partial charge in [0.25, 0.3) is 0 Å². The molecule has 1 heterocycles. The number of hydrogen-bond acceptors (Lipinski definition) is 2. The number of hydrogen-bond donors (Lipinski definition) is 1. The molecule has 1 unspecified atom stereocenters. The summed E-state index contributed by atoms with van der Waals surface area (Å²) in [5, 5.41) is 3.50. The molecule has 1 aromatic carbocycles. The van der Waals surface area contributed by atoms with Gasteiger partial charge in [-0.25, -0.2) is 0 Å². The highest BCUT2D eigenvalue weighted by Gasteiger charge is 2.12. The number of rotatable bonds is 5. The number of likely N-dealkylation sites (N-methyl/N-ethyl adjacent to an activating group) is 1. The van der Waals surface area contributed by atoms with Gasteiger partial charge in [0.2, 0.25) is 0 Å². The van der Waals surface area contributed by atoms with Crippen molar-refractivity contribution in [3.05, 3.63) is 61.9 Å². The number of nitrogens with zero attached hydrogens (tertiary/aromatic N) is 1. The van der Waals surface area contributed by atoms with Gasteiger partial charge in [-0.15, -0.1) is 0 Å². The lowest BCUT2D eigenvalue weighted by Gasteiger charge is -2.17. The summed E-state index contributed by atoms with van der Waals surface area (Å²) >= 11 is 5.75. The van der Waals surface area contributed by atoms with Gasteiger partial charge >= 0.3 is 0 Å². The molecule has 0 amide bonds. The van der Waals surface area contributed by atoms with E-state index in [1.165, 1.54) is 9.13 Å². The average Bonchev–Trinajstić information content (AvgIpc) is 2.42. The third kappa shape index (κ3) is 4.54. The first kappa shape index (κ1) is 14.9. The fourth-order valence-corrected chi connectivity index (χ4v) is 2.57. The van der Waals surface area contributed by atoms with Crippen LogP contribution in [0.4, 0.5) is 0 Å². The van der Waals surface area contributed by atoms with Gasteiger partial charge in [-0.3, -0.25) is 4.98 Å². The lowest BCUT2D eigenvalue weighted by Crippen LogP contribution is -2.23. The molecular weight excluding hydrogens is 415 g/mol. The summed E-state index contributed by atoms with van der Waals surface area (Å²) < 4.78 is 2.28. The molecule has 0 saturated carbocycles. The van der Waals surface area contributed by atoms with Crippen molar-refractivity contribution in [2.45, 2.75) is 19.4 Å². The van der Waals surface area contributed by atoms with Crippen LogP contribution in [-0.4, -0.2) is 11.5 Å². The van der Waals surface area contributed by atoms with Gasteiger partial charge in [-0.05, 0) is 81.3 Å². The van der Waals surface area contributed by atoms with Crippen molar-refractivity contribution in [2.24, 2.45) is 0 Å². The molecule has 100 valence electrons. The predicted molar refractivity (Wildman–Crippen MR) is 91.2 cm³/mol. The molecule has 0 aliphatic heterocycles. The molecule has 0 spiro atoms. The molecule has 0 radical (unpaired) electrons. The van der Waals surface area contributed by atoms with Crippen molar-refractivity contribution < 1.29 is 0 Å². The standard InChI is InChI=1S/C15H16BrIN2/c1-2-18-15(14-8-5-12(16)10-19-14)9-11-3-6-13(17)7-4-11/h3-8,10,15,18H,2,9H2,1H3. The van der Waals surface area contributed by atoms with Gasteiger partial charge in [0.15, 0.2) is 0 Å². The molecule has 0 fully saturated rings. The van der Waals surface area contributed by atoms with E-state index in [-0.39, 0.29) is 6.04 Å². The Balaban J connectivity index is 2.15. The molecular formula is C15H16BrIN2. The zero-order valence-electron chi connectivity index (χ0n) is 10.7. The highest BCUT2D eigenvalue weighted by Crippen LogP contribution is 2.19. The molecule has 0 aliphatic rings. The maximum atomic E-state index is 4.50. The van der Waals surface area contributed by atoms with Crippen LogP contribution in [-0.2, 0) is 6.42 Å². The van der Waals surface area contributed by atoms with Crippen LogP contribution in [0.25, 0.3) is 0 Å². The topological polar surface area (TPSA) is 24.9 Å². The Morgan fingerprint density at radius 2 is 1.95 bits per heavy atom. The van der Waals surface area contributed by atoms with E-state index in [9.17, 15) is 0 Å². The molecule has 4 heteroatoms. The van der Waals surface area contributed by atoms with E-state index in [0.717, 1.165) is 23.1 Å². The first-order valence-electron chi connectivity index (χ1n) is 6.28. The van der Waals surface area contributed by atoms with E-state index < -0.39 is 0 Å². The van der Waals surface area contributed by atoms with Gasteiger partial charge in [0.1, 0.15) is 0 Å². The van der Waals surface area contributed by atoms with Crippen LogP contribution in [0.3, 0.4) is 0 Å². The summed E-state index contributed by atoms with van der Waals surface area (Å²) in [6.45, 7) is 3.06. The summed E-state index contributed by atoms with van der Waals surface area (Å²) in [5.74, 6) is 0. The second-order valence-corrected chi connectivity index (χ2v) is 6.50. The van der Waals surface area contributed by atoms with E-state index in [2.05, 4.69) is 86.1 Å². The summed E-state index contributed by atoms with van der Waals surface area (Å²) in [6.07, 6.45) is 2.81. The minimum Gasteiger partial charge on any atom is -0.309 e. The number of aromatic nitrogens is 1. The fourth-order valence-electron chi connectivity index (χ4n) is 1.98. The van der Waals surface area contributed by atoms with E-state index in [4.69, 9.17) is 0 Å². The summed E-state index contributed by atoms with van der Waals surface area (Å²) in [5.41, 5.74) is 2.42. The molecule has 1 N–H and O–H groups in total. The van der Waals surface area contributed by atoms with Gasteiger partial charge in [-0.1, -0.05) is 19.1 Å². The van der Waals surface area contributed by atoms with Crippen molar-refractivity contribution in [3.63, 3.8) is 0 Å². The van der Waals surface area contributed by atoms with Crippen molar-refractivity contribution in [3.8, 4) is 0 Å². The molecule has 0 bridgehead atoms. The zero-order valence-corrected chi connectivity index (χ0v) is 14.5. The van der Waals surface area contributed by atoms with Gasteiger partial charge in [0, 0.05) is 14.2 Å². The third-order valence-electron chi connectivity index (χ3n) is 2.91.